The van der Waals surface area contributed by atoms with Gasteiger partial charge in [-0.2, -0.15) is 0 Å². The van der Waals surface area contributed by atoms with Gasteiger partial charge in [0, 0.05) is 212 Å². The molecular formula is C100H141B5BrCl4N5O17S2VW5. The van der Waals surface area contributed by atoms with Gasteiger partial charge in [-0.3, -0.25) is 19.3 Å². The molecule has 140 heavy (non-hydrogen) atoms. The summed E-state index contributed by atoms with van der Waals surface area (Å²) in [4.78, 5) is 38.8. The molecule has 0 aromatic heterocycles. The Hall–Kier alpha value is -1.02. The van der Waals surface area contributed by atoms with E-state index in [1.165, 1.54) is 110 Å². The quantitative estimate of drug-likeness (QED) is 0.0584. The number of benzene rings is 6. The van der Waals surface area contributed by atoms with Gasteiger partial charge in [0.1, 0.15) is 0 Å². The van der Waals surface area contributed by atoms with Crippen molar-refractivity contribution in [2.75, 3.05) is 58.1 Å². The van der Waals surface area contributed by atoms with Gasteiger partial charge in [-0.05, 0) is 341 Å². The summed E-state index contributed by atoms with van der Waals surface area (Å²) < 4.78 is 109. The third kappa shape index (κ3) is 27.2. The fourth-order valence-corrected chi connectivity index (χ4v) is 22.8. The molecule has 2 amide bonds. The normalized spacial score (nSPS) is 22.1. The topological polar surface area (TPSA) is 268 Å². The van der Waals surface area contributed by atoms with E-state index >= 15 is 0 Å². The minimum Gasteiger partial charge on any atom is -0.405 e. The molecule has 13 aliphatic rings. The average Bonchev–Trinajstić information content (AvgIpc) is 1.59. The third-order valence-corrected chi connectivity index (χ3v) is 36.6. The number of nitrogens with zero attached hydrogens (tertiary/aromatic N) is 2. The fraction of sp³-hybridized carbons (Fsp3) is 0.610. The Morgan fingerprint density at radius 2 is 0.657 bits per heavy atom. The van der Waals surface area contributed by atoms with Crippen molar-refractivity contribution in [1.29, 1.82) is 0 Å². The SMILES string of the molecule is Brc1ccc2c(c1)C1(CCCC1)CN2.CC1(C)OB(B2OC(C)(C)C(C)(C)O2)OC1(C)C.CC1(C)OB(c2ccc3c(c2)C2(CCCC2)CN3)OC1(C)C.CC1(C)OB(c2ccc3c(c2)C2(CCCC2)CN3C(=O)Cl)OC1(C)C.CCS(=O)(=O)c1ccc(CCC(=O)N2CC3(CCCC3)c3cc(B4OC(C)(C)C(C)(C)O4)ccc32)cc1.CCS(=O)(=O)c1ccc(CN)cc1.Cl.O=C(Cl)Cl.[V].[W].[W].[W].[W].[W]. The summed E-state index contributed by atoms with van der Waals surface area (Å²) in [7, 11) is -8.29. The second-order valence-electron chi connectivity index (χ2n) is 43.6. The zero-order valence-corrected chi connectivity index (χ0v) is 108. The van der Waals surface area contributed by atoms with Gasteiger partial charge in [0.2, 0.25) is 5.91 Å². The van der Waals surface area contributed by atoms with Crippen molar-refractivity contribution in [1.82, 2.24) is 0 Å². The van der Waals surface area contributed by atoms with Crippen molar-refractivity contribution in [3.05, 3.63) is 159 Å². The maximum absolute atomic E-state index is 13.5. The molecule has 765 valence electrons. The first-order chi connectivity index (χ1) is 61.9. The molecule has 1 radical (unpaired) electrons. The fourth-order valence-electron chi connectivity index (χ4n) is 20.5. The number of rotatable bonds is 12. The monoisotopic (exact) mass is 2990 g/mol. The van der Waals surface area contributed by atoms with Crippen LogP contribution in [-0.4, -0.2) is 162 Å². The largest absolute Gasteiger partial charge is 0.494 e. The van der Waals surface area contributed by atoms with Crippen LogP contribution in [0.3, 0.4) is 0 Å². The molecule has 9 fully saturated rings. The van der Waals surface area contributed by atoms with Crippen molar-refractivity contribution >= 4 is 173 Å². The summed E-state index contributed by atoms with van der Waals surface area (Å²) in [6.45, 7) is 48.5. The molecule has 4 N–H and O–H groups in total. The summed E-state index contributed by atoms with van der Waals surface area (Å²) >= 11 is 18.2. The van der Waals surface area contributed by atoms with E-state index in [1.807, 2.05) is 90.6 Å². The predicted octanol–water partition coefficient (Wildman–Crippen LogP) is 20.6. The number of amides is 2. The molecule has 40 heteroatoms. The number of anilines is 4. The van der Waals surface area contributed by atoms with Gasteiger partial charge in [-0.15, -0.1) is 12.4 Å². The number of hydrogen-bond donors (Lipinski definition) is 3. The Bertz CT molecular complexity index is 5400. The van der Waals surface area contributed by atoms with E-state index in [2.05, 4.69) is 187 Å². The molecule has 5 saturated heterocycles. The number of halogens is 5. The first-order valence-corrected chi connectivity index (χ1v) is 53.1. The molecule has 19 rings (SSSR count). The minimum absolute atomic E-state index is 0. The average molecular weight is 3000 g/mol. The standard InChI is InChI=1S/C29H38BNO5S.C19H25BClNO3.C18H26BNO2.C12H24B2O4.C12H14BrN.C9H13NO2S.CCl2O.ClH.V.5W/c1-6-37(33,34)23-13-9-21(10-14-23)11-16-26(32)31-20-29(17-7-8-18-29)24-19-22(12-15-25(24)31)30-35-27(2,3)28(4,5)36-30;1-17(2)18(3,4)25-20(24-17)13-7-8-15-14(11-13)19(9-5-6-10-19)12-22(15)16(21)23;1-16(2)17(3,4)22-19(21-16)13-7-8-15-14(11-13)18(12-20-15)9-5-6-10-18;1-9(2)10(3,4)16-13(15-9)14-17-11(5,6)12(7,8)18-14;13-9-3-4-11-10(7-9)12(8-14-11)5-1-2-6-12;1-2-13(11,12)9-5-3-8(7-10)4-6-9;2-1(3)4;;;;;;;/h9-10,12-15,19H,6-8,11,16-18,20H2,1-5H3;7-8,11H,5-6,9-10,12H2,1-4H3;7-8,11,20H,5-6,9-10,12H2,1-4H3;1-8H3;3-4,7,14H,1-2,5-6,8H2;3-6H,2,7,10H2,1H3;;1H;;;;;;. The van der Waals surface area contributed by atoms with Gasteiger partial charge in [0.15, 0.2) is 19.7 Å². The van der Waals surface area contributed by atoms with Gasteiger partial charge >= 0.3 is 45.4 Å². The number of fused-ring (bicyclic) bond motifs is 8. The van der Waals surface area contributed by atoms with Crippen molar-refractivity contribution in [3.63, 3.8) is 0 Å². The molecule has 0 unspecified atom stereocenters. The molecule has 4 saturated carbocycles. The first kappa shape index (κ1) is 128. The third-order valence-electron chi connectivity index (χ3n) is 32.4. The number of nitrogens with one attached hydrogen (secondary N) is 2. The van der Waals surface area contributed by atoms with E-state index in [4.69, 9.17) is 68.7 Å². The van der Waals surface area contributed by atoms with Crippen molar-refractivity contribution < 1.29 is 202 Å². The number of hydrogen-bond acceptors (Lipinski definition) is 20. The van der Waals surface area contributed by atoms with E-state index in [9.17, 15) is 26.4 Å². The second kappa shape index (κ2) is 49.0. The number of aryl methyl sites for hydroxylation is 1. The molecule has 0 bridgehead atoms. The Morgan fingerprint density at radius 3 is 0.971 bits per heavy atom. The minimum atomic E-state index is -3.22. The van der Waals surface area contributed by atoms with E-state index in [-0.39, 0.29) is 224 Å². The predicted molar refractivity (Wildman–Crippen MR) is 550 cm³/mol. The molecule has 9 aliphatic heterocycles. The molecule has 9 heterocycles. The van der Waals surface area contributed by atoms with Gasteiger partial charge < -0.3 is 67.8 Å². The zero-order chi connectivity index (χ0) is 97.3. The van der Waals surface area contributed by atoms with Crippen LogP contribution in [0.5, 0.6) is 0 Å². The van der Waals surface area contributed by atoms with Crippen LogP contribution < -0.4 is 42.6 Å². The second-order valence-corrected chi connectivity index (χ2v) is 50.2. The van der Waals surface area contributed by atoms with E-state index in [0.29, 0.717) is 46.6 Å². The van der Waals surface area contributed by atoms with Gasteiger partial charge in [-0.1, -0.05) is 142 Å². The summed E-state index contributed by atoms with van der Waals surface area (Å²) in [6.07, 6.45) is 20.9. The van der Waals surface area contributed by atoms with E-state index in [0.717, 1.165) is 84.2 Å². The molecule has 22 nitrogen and oxygen atoms in total. The van der Waals surface area contributed by atoms with Crippen molar-refractivity contribution in [2.45, 2.75) is 362 Å². The smallest absolute Gasteiger partial charge is 0.405 e. The van der Waals surface area contributed by atoms with Gasteiger partial charge in [-0.25, -0.2) is 16.8 Å². The Labute approximate surface area is 949 Å². The summed E-state index contributed by atoms with van der Waals surface area (Å²) in [5.74, 6) is 0.324. The van der Waals surface area contributed by atoms with Crippen LogP contribution in [0, 0.1) is 0 Å². The maximum Gasteiger partial charge on any atom is 0.494 e. The number of sulfone groups is 2. The number of carbonyl (C=O) groups excluding carboxylic acids is 3. The summed E-state index contributed by atoms with van der Waals surface area (Å²) in [6, 6.07) is 39.5. The molecule has 4 aliphatic carbocycles. The summed E-state index contributed by atoms with van der Waals surface area (Å²) in [5, 5.41) is 6.75. The molecule has 6 aromatic carbocycles. The van der Waals surface area contributed by atoms with Gasteiger partial charge in [0.05, 0.1) is 77.3 Å². The van der Waals surface area contributed by atoms with Crippen molar-refractivity contribution in [3.8, 4) is 0 Å². The molecule has 0 atom stereocenters. The Morgan fingerprint density at radius 1 is 0.386 bits per heavy atom. The molecular weight excluding hydrogens is 2850 g/mol. The van der Waals surface area contributed by atoms with Crippen LogP contribution in [0.2, 0.25) is 0 Å². The maximum atomic E-state index is 13.5. The number of nitrogens with two attached hydrogens (primary N) is 1. The van der Waals surface area contributed by atoms with Crippen LogP contribution in [0.1, 0.15) is 295 Å². The van der Waals surface area contributed by atoms with Crippen molar-refractivity contribution in [2.24, 2.45) is 5.73 Å². The molecule has 4 spiro atoms. The van der Waals surface area contributed by atoms with Gasteiger partial charge in [0.25, 0.3) is 0 Å². The van der Waals surface area contributed by atoms with Crippen LogP contribution >= 0.6 is 63.1 Å². The Kier molecular flexibility index (Phi) is 44.6. The van der Waals surface area contributed by atoms with Crippen LogP contribution in [0.25, 0.3) is 0 Å². The number of carbonyl (C=O) groups is 3. The van der Waals surface area contributed by atoms with Crippen LogP contribution in [0.4, 0.5) is 32.3 Å². The first-order valence-electron chi connectivity index (χ1n) is 47.8. The summed E-state index contributed by atoms with van der Waals surface area (Å²) in [5.41, 5.74) is 18.0. The molecule has 6 aromatic rings. The van der Waals surface area contributed by atoms with Crippen LogP contribution in [0.15, 0.2) is 136 Å². The van der Waals surface area contributed by atoms with E-state index in [1.54, 1.807) is 60.7 Å². The zero-order valence-electron chi connectivity index (χ0n) is 85.2. The van der Waals surface area contributed by atoms with E-state index < -0.39 is 62.1 Å². The Balaban J connectivity index is 0.000000261. The van der Waals surface area contributed by atoms with Crippen LogP contribution in [-0.2, 0) is 230 Å².